The summed E-state index contributed by atoms with van der Waals surface area (Å²) in [4.78, 5) is 25.2. The number of hydrogen-bond donors (Lipinski definition) is 0. The van der Waals surface area contributed by atoms with Crippen LogP contribution >= 0.6 is 0 Å². The minimum atomic E-state index is 0.00578. The Bertz CT molecular complexity index is 675. The Hall–Kier alpha value is -2.44. The zero-order chi connectivity index (χ0) is 16.4. The van der Waals surface area contributed by atoms with Gasteiger partial charge in [0, 0.05) is 44.5 Å². The molecule has 122 valence electrons. The third-order valence-corrected chi connectivity index (χ3v) is 4.07. The van der Waals surface area contributed by atoms with Gasteiger partial charge >= 0.3 is 0 Å². The minimum Gasteiger partial charge on any atom is -0.360 e. The van der Waals surface area contributed by atoms with Crippen molar-refractivity contribution in [1.82, 2.24) is 20.0 Å². The lowest BCUT2D eigenvalue weighted by Crippen LogP contribution is -2.49. The molecular formula is C16H21N5O2. The average molecular weight is 315 g/mol. The summed E-state index contributed by atoms with van der Waals surface area (Å²) in [6.45, 7) is 8.61. The van der Waals surface area contributed by atoms with Gasteiger partial charge in [-0.05, 0) is 6.92 Å². The highest BCUT2D eigenvalue weighted by Gasteiger charge is 2.29. The van der Waals surface area contributed by atoms with Crippen molar-refractivity contribution in [2.45, 2.75) is 26.7 Å². The lowest BCUT2D eigenvalue weighted by Gasteiger charge is -2.35. The van der Waals surface area contributed by atoms with Crippen LogP contribution in [0, 0.1) is 6.92 Å². The molecule has 7 heteroatoms. The van der Waals surface area contributed by atoms with Gasteiger partial charge in [-0.1, -0.05) is 19.0 Å². The molecule has 1 fully saturated rings. The Morgan fingerprint density at radius 1 is 1.22 bits per heavy atom. The lowest BCUT2D eigenvalue weighted by atomic mass is 10.0. The number of nitrogens with zero attached hydrogens (tertiary/aromatic N) is 5. The molecular weight excluding hydrogens is 294 g/mol. The molecule has 2 aromatic rings. The number of hydrogen-bond acceptors (Lipinski definition) is 6. The van der Waals surface area contributed by atoms with Gasteiger partial charge in [0.05, 0.1) is 11.9 Å². The molecule has 2 aromatic heterocycles. The number of amides is 1. The molecule has 3 rings (SSSR count). The van der Waals surface area contributed by atoms with Gasteiger partial charge in [-0.2, -0.15) is 0 Å². The van der Waals surface area contributed by atoms with E-state index < -0.39 is 0 Å². The largest absolute Gasteiger partial charge is 0.360 e. The number of carbonyl (C=O) groups is 1. The summed E-state index contributed by atoms with van der Waals surface area (Å²) in [5, 5.41) is 3.97. The minimum absolute atomic E-state index is 0.00578. The van der Waals surface area contributed by atoms with Crippen molar-refractivity contribution in [3.63, 3.8) is 0 Å². The molecule has 0 saturated carbocycles. The van der Waals surface area contributed by atoms with Crippen molar-refractivity contribution in [3.8, 4) is 0 Å². The van der Waals surface area contributed by atoms with Crippen LogP contribution in [0.15, 0.2) is 23.1 Å². The molecule has 1 aliphatic heterocycles. The van der Waals surface area contributed by atoms with E-state index >= 15 is 0 Å². The van der Waals surface area contributed by atoms with Crippen molar-refractivity contribution in [2.24, 2.45) is 0 Å². The molecule has 0 atom stereocenters. The smallest absolute Gasteiger partial charge is 0.259 e. The molecule has 0 radical (unpaired) electrons. The lowest BCUT2D eigenvalue weighted by molar-refractivity contribution is 0.0743. The zero-order valence-corrected chi connectivity index (χ0v) is 13.7. The zero-order valence-electron chi connectivity index (χ0n) is 13.7. The van der Waals surface area contributed by atoms with Gasteiger partial charge in [-0.3, -0.25) is 9.78 Å². The van der Waals surface area contributed by atoms with Crippen molar-refractivity contribution in [3.05, 3.63) is 35.6 Å². The van der Waals surface area contributed by atoms with Gasteiger partial charge < -0.3 is 14.3 Å². The SMILES string of the molecule is Cc1noc(C(C)C)c1C(=O)N1CCN(c2cnccn2)CC1. The summed E-state index contributed by atoms with van der Waals surface area (Å²) < 4.78 is 5.33. The van der Waals surface area contributed by atoms with E-state index in [4.69, 9.17) is 4.52 Å². The summed E-state index contributed by atoms with van der Waals surface area (Å²) in [7, 11) is 0. The van der Waals surface area contributed by atoms with Gasteiger partial charge in [0.25, 0.3) is 5.91 Å². The first-order valence-corrected chi connectivity index (χ1v) is 7.84. The number of carbonyl (C=O) groups excluding carboxylic acids is 1. The predicted octanol–water partition coefficient (Wildman–Crippen LogP) is 1.86. The molecule has 0 aliphatic carbocycles. The number of aromatic nitrogens is 3. The van der Waals surface area contributed by atoms with Crippen LogP contribution in [0.2, 0.25) is 0 Å². The Labute approximate surface area is 135 Å². The topological polar surface area (TPSA) is 75.4 Å². The number of piperazine rings is 1. The molecule has 0 bridgehead atoms. The average Bonchev–Trinajstić information content (AvgIpc) is 2.97. The molecule has 7 nitrogen and oxygen atoms in total. The Kier molecular flexibility index (Phi) is 4.27. The first kappa shape index (κ1) is 15.5. The van der Waals surface area contributed by atoms with Crippen LogP contribution in [0.5, 0.6) is 0 Å². The molecule has 3 heterocycles. The van der Waals surface area contributed by atoms with Crippen LogP contribution in [-0.2, 0) is 0 Å². The summed E-state index contributed by atoms with van der Waals surface area (Å²) in [6.07, 6.45) is 5.09. The van der Waals surface area contributed by atoms with E-state index in [1.54, 1.807) is 18.6 Å². The first-order valence-electron chi connectivity index (χ1n) is 7.84. The van der Waals surface area contributed by atoms with Crippen LogP contribution in [0.3, 0.4) is 0 Å². The summed E-state index contributed by atoms with van der Waals surface area (Å²) in [5.41, 5.74) is 1.28. The summed E-state index contributed by atoms with van der Waals surface area (Å²) >= 11 is 0. The number of aryl methyl sites for hydroxylation is 1. The van der Waals surface area contributed by atoms with E-state index in [2.05, 4.69) is 20.0 Å². The van der Waals surface area contributed by atoms with Gasteiger partial charge in [0.2, 0.25) is 0 Å². The number of anilines is 1. The molecule has 1 saturated heterocycles. The highest BCUT2D eigenvalue weighted by atomic mass is 16.5. The number of rotatable bonds is 3. The van der Waals surface area contributed by atoms with Gasteiger partial charge in [-0.25, -0.2) is 4.98 Å². The maximum atomic E-state index is 12.8. The fraction of sp³-hybridized carbons (Fsp3) is 0.500. The third kappa shape index (κ3) is 3.04. The fourth-order valence-corrected chi connectivity index (χ4v) is 2.79. The quantitative estimate of drug-likeness (QED) is 0.860. The van der Waals surface area contributed by atoms with E-state index in [1.807, 2.05) is 25.7 Å². The molecule has 0 N–H and O–H groups in total. The summed E-state index contributed by atoms with van der Waals surface area (Å²) in [5.74, 6) is 1.66. The Morgan fingerprint density at radius 3 is 2.57 bits per heavy atom. The van der Waals surface area contributed by atoms with E-state index in [9.17, 15) is 4.79 Å². The normalized spacial score (nSPS) is 15.3. The second-order valence-electron chi connectivity index (χ2n) is 6.00. The van der Waals surface area contributed by atoms with Crippen molar-refractivity contribution >= 4 is 11.7 Å². The van der Waals surface area contributed by atoms with Gasteiger partial charge in [-0.15, -0.1) is 0 Å². The van der Waals surface area contributed by atoms with Crippen LogP contribution in [0.1, 0.15) is 41.6 Å². The molecule has 0 aromatic carbocycles. The maximum Gasteiger partial charge on any atom is 0.259 e. The van der Waals surface area contributed by atoms with E-state index in [1.165, 1.54) is 0 Å². The van der Waals surface area contributed by atoms with Crippen LogP contribution in [0.25, 0.3) is 0 Å². The molecule has 0 unspecified atom stereocenters. The standard InChI is InChI=1S/C16H21N5O2/c1-11(2)15-14(12(3)19-23-15)16(22)21-8-6-20(7-9-21)13-10-17-4-5-18-13/h4-5,10-11H,6-9H2,1-3H3. The van der Waals surface area contributed by atoms with Crippen LogP contribution in [0.4, 0.5) is 5.82 Å². The highest BCUT2D eigenvalue weighted by molar-refractivity contribution is 5.96. The Balaban J connectivity index is 1.71. The van der Waals surface area contributed by atoms with Crippen molar-refractivity contribution in [1.29, 1.82) is 0 Å². The molecule has 1 aliphatic rings. The van der Waals surface area contributed by atoms with Crippen molar-refractivity contribution in [2.75, 3.05) is 31.1 Å². The summed E-state index contributed by atoms with van der Waals surface area (Å²) in [6, 6.07) is 0. The molecule has 1 amide bonds. The van der Waals surface area contributed by atoms with Crippen molar-refractivity contribution < 1.29 is 9.32 Å². The second kappa shape index (κ2) is 6.36. The van der Waals surface area contributed by atoms with Crippen LogP contribution in [-0.4, -0.2) is 52.1 Å². The van der Waals surface area contributed by atoms with Gasteiger partial charge in [0.1, 0.15) is 11.4 Å². The third-order valence-electron chi connectivity index (χ3n) is 4.07. The predicted molar refractivity (Wildman–Crippen MR) is 85.5 cm³/mol. The van der Waals surface area contributed by atoms with Crippen LogP contribution < -0.4 is 4.90 Å². The van der Waals surface area contributed by atoms with E-state index in [0.29, 0.717) is 30.1 Å². The monoisotopic (exact) mass is 315 g/mol. The van der Waals surface area contributed by atoms with Gasteiger partial charge in [0.15, 0.2) is 5.76 Å². The van der Waals surface area contributed by atoms with E-state index in [0.717, 1.165) is 18.9 Å². The first-order chi connectivity index (χ1) is 11.1. The second-order valence-corrected chi connectivity index (χ2v) is 6.00. The van der Waals surface area contributed by atoms with E-state index in [-0.39, 0.29) is 11.8 Å². The Morgan fingerprint density at radius 2 is 1.96 bits per heavy atom. The molecule has 23 heavy (non-hydrogen) atoms. The highest BCUT2D eigenvalue weighted by Crippen LogP contribution is 2.24. The molecule has 0 spiro atoms. The maximum absolute atomic E-state index is 12.8. The fourth-order valence-electron chi connectivity index (χ4n) is 2.79.